The minimum absolute atomic E-state index is 0.0487. The molecule has 0 fully saturated rings. The number of anilines is 1. The van der Waals surface area contributed by atoms with E-state index < -0.39 is 17.7 Å². The van der Waals surface area contributed by atoms with Crippen molar-refractivity contribution < 1.29 is 22.4 Å². The first-order valence-corrected chi connectivity index (χ1v) is 9.25. The average molecular weight is 399 g/mol. The fourth-order valence-corrected chi connectivity index (χ4v) is 4.06. The lowest BCUT2D eigenvalue weighted by molar-refractivity contribution is -0.137. The predicted octanol–water partition coefficient (Wildman–Crippen LogP) is 5.25. The van der Waals surface area contributed by atoms with Crippen molar-refractivity contribution in [1.29, 1.82) is 0 Å². The number of alkyl halides is 3. The van der Waals surface area contributed by atoms with Gasteiger partial charge >= 0.3 is 6.18 Å². The lowest BCUT2D eigenvalue weighted by Gasteiger charge is -2.30. The van der Waals surface area contributed by atoms with Crippen LogP contribution in [0.15, 0.2) is 58.3 Å². The number of carbonyl (C=O) groups excluding carboxylic acids is 1. The van der Waals surface area contributed by atoms with Gasteiger partial charge in [0, 0.05) is 28.8 Å². The van der Waals surface area contributed by atoms with Crippen LogP contribution in [0.5, 0.6) is 0 Å². The Hall–Kier alpha value is -3.29. The largest absolute Gasteiger partial charge is 0.460 e. The maximum atomic E-state index is 13.0. The Balaban J connectivity index is 1.58. The number of nitrogens with one attached hydrogen (secondary N) is 2. The molecular formula is C21H16F3N3O2. The van der Waals surface area contributed by atoms with Gasteiger partial charge in [-0.15, -0.1) is 0 Å². The molecule has 0 amide bonds. The molecule has 2 aromatic heterocycles. The van der Waals surface area contributed by atoms with Crippen LogP contribution in [0.3, 0.4) is 0 Å². The van der Waals surface area contributed by atoms with Crippen LogP contribution in [-0.4, -0.2) is 16.0 Å². The highest BCUT2D eigenvalue weighted by atomic mass is 19.4. The summed E-state index contributed by atoms with van der Waals surface area (Å²) in [6.45, 7) is 0. The highest BCUT2D eigenvalue weighted by Gasteiger charge is 2.38. The molecule has 1 unspecified atom stereocenters. The van der Waals surface area contributed by atoms with E-state index in [4.69, 9.17) is 4.42 Å². The van der Waals surface area contributed by atoms with Gasteiger partial charge in [0.15, 0.2) is 5.78 Å². The smallest absolute Gasteiger partial charge is 0.416 e. The summed E-state index contributed by atoms with van der Waals surface area (Å²) in [7, 11) is 0. The van der Waals surface area contributed by atoms with Crippen LogP contribution in [0.2, 0.25) is 0 Å². The normalized spacial score (nSPS) is 19.0. The minimum Gasteiger partial charge on any atom is -0.460 e. The molecule has 1 aliphatic carbocycles. The number of aromatic amines is 1. The summed E-state index contributed by atoms with van der Waals surface area (Å²) in [6, 6.07) is 8.36. The van der Waals surface area contributed by atoms with Crippen LogP contribution in [-0.2, 0) is 11.0 Å². The van der Waals surface area contributed by atoms with E-state index in [1.807, 2.05) is 0 Å². The third kappa shape index (κ3) is 2.95. The molecule has 8 heteroatoms. The lowest BCUT2D eigenvalue weighted by atomic mass is 9.79. The summed E-state index contributed by atoms with van der Waals surface area (Å²) in [5, 5.41) is 10.2. The second-order valence-corrected chi connectivity index (χ2v) is 7.21. The Bertz CT molecular complexity index is 1140. The van der Waals surface area contributed by atoms with Gasteiger partial charge in [0.25, 0.3) is 0 Å². The standard InChI is InChI=1S/C21H16F3N3O2/c22-21(23,24)12-4-1-3-11(9-12)16-7-8-17(29-16)18-13-10-25-27-20(13)26-14-5-2-6-15(28)19(14)18/h1,3-4,7-10,18H,2,5-6H2,(H2,25,26,27). The summed E-state index contributed by atoms with van der Waals surface area (Å²) in [6.07, 6.45) is -0.803. The fraction of sp³-hybridized carbons (Fsp3) is 0.238. The van der Waals surface area contributed by atoms with Crippen LogP contribution < -0.4 is 5.32 Å². The first kappa shape index (κ1) is 17.8. The lowest BCUT2D eigenvalue weighted by Crippen LogP contribution is -2.26. The first-order valence-electron chi connectivity index (χ1n) is 9.25. The maximum absolute atomic E-state index is 13.0. The second kappa shape index (κ2) is 6.37. The van der Waals surface area contributed by atoms with Gasteiger partial charge in [-0.1, -0.05) is 12.1 Å². The number of carbonyl (C=O) groups is 1. The number of ketones is 1. The van der Waals surface area contributed by atoms with Crippen molar-refractivity contribution in [3.8, 4) is 11.3 Å². The monoisotopic (exact) mass is 399 g/mol. The molecule has 3 heterocycles. The number of benzene rings is 1. The molecule has 0 saturated carbocycles. The second-order valence-electron chi connectivity index (χ2n) is 7.21. The van der Waals surface area contributed by atoms with E-state index in [1.54, 1.807) is 24.4 Å². The Morgan fingerprint density at radius 1 is 1.14 bits per heavy atom. The average Bonchev–Trinajstić information content (AvgIpc) is 3.35. The molecule has 3 aromatic rings. The van der Waals surface area contributed by atoms with Crippen LogP contribution >= 0.6 is 0 Å². The molecule has 0 radical (unpaired) electrons. The van der Waals surface area contributed by atoms with Crippen LogP contribution in [0, 0.1) is 0 Å². The van der Waals surface area contributed by atoms with E-state index in [1.165, 1.54) is 6.07 Å². The molecule has 0 spiro atoms. The highest BCUT2D eigenvalue weighted by Crippen LogP contribution is 2.45. The van der Waals surface area contributed by atoms with Gasteiger partial charge in [-0.05, 0) is 37.1 Å². The molecule has 29 heavy (non-hydrogen) atoms. The Morgan fingerprint density at radius 2 is 2.00 bits per heavy atom. The number of rotatable bonds is 2. The Morgan fingerprint density at radius 3 is 2.83 bits per heavy atom. The third-order valence-electron chi connectivity index (χ3n) is 5.39. The molecule has 2 aliphatic rings. The molecule has 0 bridgehead atoms. The summed E-state index contributed by atoms with van der Waals surface area (Å²) in [5.41, 5.74) is 1.87. The number of H-pyrrole nitrogens is 1. The molecule has 1 aromatic carbocycles. The Kier molecular flexibility index (Phi) is 3.90. The first-order chi connectivity index (χ1) is 13.9. The zero-order valence-corrected chi connectivity index (χ0v) is 15.1. The molecule has 0 saturated heterocycles. The van der Waals surface area contributed by atoms with Crippen molar-refractivity contribution in [1.82, 2.24) is 10.2 Å². The zero-order chi connectivity index (χ0) is 20.2. The highest BCUT2D eigenvalue weighted by molar-refractivity contribution is 6.00. The molecule has 5 rings (SSSR count). The molecule has 1 aliphatic heterocycles. The third-order valence-corrected chi connectivity index (χ3v) is 5.39. The molecule has 2 N–H and O–H groups in total. The fourth-order valence-electron chi connectivity index (χ4n) is 4.06. The van der Waals surface area contributed by atoms with Crippen molar-refractivity contribution in [2.75, 3.05) is 5.32 Å². The molecule has 5 nitrogen and oxygen atoms in total. The number of halogens is 3. The molecule has 148 valence electrons. The molecular weight excluding hydrogens is 383 g/mol. The van der Waals surface area contributed by atoms with Crippen LogP contribution in [0.1, 0.15) is 42.1 Å². The van der Waals surface area contributed by atoms with Gasteiger partial charge in [-0.3, -0.25) is 9.89 Å². The topological polar surface area (TPSA) is 70.9 Å². The number of hydrogen-bond donors (Lipinski definition) is 2. The summed E-state index contributed by atoms with van der Waals surface area (Å²) >= 11 is 0. The quantitative estimate of drug-likeness (QED) is 0.617. The van der Waals surface area contributed by atoms with Crippen molar-refractivity contribution in [3.63, 3.8) is 0 Å². The van der Waals surface area contributed by atoms with Gasteiger partial charge in [-0.2, -0.15) is 18.3 Å². The van der Waals surface area contributed by atoms with Gasteiger partial charge in [0.05, 0.1) is 17.7 Å². The summed E-state index contributed by atoms with van der Waals surface area (Å²) < 4.78 is 45.1. The number of hydrogen-bond acceptors (Lipinski definition) is 4. The van der Waals surface area contributed by atoms with Crippen LogP contribution in [0.4, 0.5) is 19.0 Å². The number of furan rings is 1. The van der Waals surface area contributed by atoms with Gasteiger partial charge in [0.1, 0.15) is 17.3 Å². The number of nitrogens with zero attached hydrogens (tertiary/aromatic N) is 1. The summed E-state index contributed by atoms with van der Waals surface area (Å²) in [5.74, 6) is 1.14. The Labute approximate surface area is 163 Å². The predicted molar refractivity (Wildman–Crippen MR) is 99.1 cm³/mol. The number of Topliss-reactive ketones (excluding diaryl/α,β-unsaturated/α-hetero) is 1. The van der Waals surface area contributed by atoms with Gasteiger partial charge < -0.3 is 9.73 Å². The van der Waals surface area contributed by atoms with Crippen molar-refractivity contribution in [3.05, 3.63) is 70.8 Å². The molecule has 1 atom stereocenters. The number of fused-ring (bicyclic) bond motifs is 1. The van der Waals surface area contributed by atoms with E-state index >= 15 is 0 Å². The maximum Gasteiger partial charge on any atom is 0.416 e. The zero-order valence-electron chi connectivity index (χ0n) is 15.1. The number of aromatic nitrogens is 2. The van der Waals surface area contributed by atoms with E-state index in [9.17, 15) is 18.0 Å². The minimum atomic E-state index is -4.43. The van der Waals surface area contributed by atoms with Crippen molar-refractivity contribution in [2.24, 2.45) is 0 Å². The van der Waals surface area contributed by atoms with Crippen molar-refractivity contribution >= 4 is 11.6 Å². The van der Waals surface area contributed by atoms with E-state index in [0.29, 0.717) is 34.9 Å². The SMILES string of the molecule is O=C1CCCC2=C1C(c1ccc(-c3cccc(C(F)(F)F)c3)o1)c1cn[nH]c1N2. The van der Waals surface area contributed by atoms with E-state index in [2.05, 4.69) is 15.5 Å². The van der Waals surface area contributed by atoms with E-state index in [-0.39, 0.29) is 5.78 Å². The van der Waals surface area contributed by atoms with Gasteiger partial charge in [0.2, 0.25) is 0 Å². The van der Waals surface area contributed by atoms with E-state index in [0.717, 1.165) is 36.2 Å². The van der Waals surface area contributed by atoms with Gasteiger partial charge in [-0.25, -0.2) is 0 Å². The van der Waals surface area contributed by atoms with Crippen LogP contribution in [0.25, 0.3) is 11.3 Å². The van der Waals surface area contributed by atoms with Crippen molar-refractivity contribution in [2.45, 2.75) is 31.4 Å². The summed E-state index contributed by atoms with van der Waals surface area (Å²) in [4.78, 5) is 12.7. The number of allylic oxidation sites excluding steroid dienone is 2.